The summed E-state index contributed by atoms with van der Waals surface area (Å²) < 4.78 is 0. The van der Waals surface area contributed by atoms with Crippen LogP contribution in [0.3, 0.4) is 0 Å². The van der Waals surface area contributed by atoms with E-state index in [-0.39, 0.29) is 5.91 Å². The zero-order valence-corrected chi connectivity index (χ0v) is 14.5. The van der Waals surface area contributed by atoms with Crippen LogP contribution in [0.4, 0.5) is 0 Å². The van der Waals surface area contributed by atoms with E-state index in [4.69, 9.17) is 0 Å². The van der Waals surface area contributed by atoms with Gasteiger partial charge in [-0.2, -0.15) is 11.8 Å². The van der Waals surface area contributed by atoms with E-state index in [1.807, 2.05) is 30.5 Å². The highest BCUT2D eigenvalue weighted by Gasteiger charge is 2.15. The van der Waals surface area contributed by atoms with Crippen molar-refractivity contribution in [2.45, 2.75) is 45.3 Å². The lowest BCUT2D eigenvalue weighted by Gasteiger charge is -2.19. The molecule has 0 saturated carbocycles. The van der Waals surface area contributed by atoms with Crippen LogP contribution in [0.15, 0.2) is 4.99 Å². The lowest BCUT2D eigenvalue weighted by atomic mass is 10.2. The summed E-state index contributed by atoms with van der Waals surface area (Å²) in [5, 5.41) is 7.17. The lowest BCUT2D eigenvalue weighted by molar-refractivity contribution is -0.130. The van der Waals surface area contributed by atoms with Gasteiger partial charge in [0.05, 0.1) is 6.54 Å². The molecule has 0 aromatic rings. The smallest absolute Gasteiger partial charge is 0.224 e. The number of carbonyl (C=O) groups excluding carboxylic acids is 1. The molecular formula is C15H30N4OS. The molecule has 1 aliphatic rings. The molecule has 2 N–H and O–H groups in total. The van der Waals surface area contributed by atoms with Crippen molar-refractivity contribution in [2.24, 2.45) is 4.99 Å². The number of hydrogen-bond donors (Lipinski definition) is 2. The Bertz CT molecular complexity index is 326. The first-order valence-electron chi connectivity index (χ1n) is 8.12. The zero-order chi connectivity index (χ0) is 15.5. The van der Waals surface area contributed by atoms with Gasteiger partial charge in [0, 0.05) is 37.8 Å². The van der Waals surface area contributed by atoms with Crippen LogP contribution in [0.5, 0.6) is 0 Å². The Labute approximate surface area is 133 Å². The molecule has 1 atom stereocenters. The van der Waals surface area contributed by atoms with E-state index in [1.165, 1.54) is 18.6 Å². The van der Waals surface area contributed by atoms with Crippen LogP contribution in [0.25, 0.3) is 0 Å². The second kappa shape index (κ2) is 10.8. The standard InChI is InChI=1S/C15H30N4OS/c1-4-16-15(18-12-13-8-7-11-21-13)17-10-9-14(20)19(5-2)6-3/h13H,4-12H2,1-3H3,(H2,16,17,18). The summed E-state index contributed by atoms with van der Waals surface area (Å²) in [5.41, 5.74) is 0. The first-order chi connectivity index (χ1) is 10.2. The third-order valence-corrected chi connectivity index (χ3v) is 4.95. The van der Waals surface area contributed by atoms with Gasteiger partial charge in [-0.15, -0.1) is 0 Å². The number of thioether (sulfide) groups is 1. The molecule has 0 aliphatic carbocycles. The highest BCUT2D eigenvalue weighted by molar-refractivity contribution is 8.00. The second-order valence-electron chi connectivity index (χ2n) is 5.10. The minimum Gasteiger partial charge on any atom is -0.357 e. The van der Waals surface area contributed by atoms with Crippen molar-refractivity contribution in [2.75, 3.05) is 38.5 Å². The Hall–Kier alpha value is -0.910. The maximum absolute atomic E-state index is 11.9. The van der Waals surface area contributed by atoms with E-state index < -0.39 is 0 Å². The number of rotatable bonds is 8. The largest absolute Gasteiger partial charge is 0.357 e. The maximum atomic E-state index is 11.9. The molecule has 5 nitrogen and oxygen atoms in total. The van der Waals surface area contributed by atoms with Gasteiger partial charge < -0.3 is 15.5 Å². The maximum Gasteiger partial charge on any atom is 0.224 e. The van der Waals surface area contributed by atoms with Crippen LogP contribution in [0, 0.1) is 0 Å². The number of carbonyl (C=O) groups is 1. The summed E-state index contributed by atoms with van der Waals surface area (Å²) >= 11 is 2.02. The van der Waals surface area contributed by atoms with Crippen molar-refractivity contribution in [1.29, 1.82) is 0 Å². The van der Waals surface area contributed by atoms with Crippen LogP contribution < -0.4 is 10.6 Å². The number of hydrogen-bond acceptors (Lipinski definition) is 3. The zero-order valence-electron chi connectivity index (χ0n) is 13.7. The van der Waals surface area contributed by atoms with E-state index in [1.54, 1.807) is 0 Å². The summed E-state index contributed by atoms with van der Waals surface area (Å²) in [6, 6.07) is 0. The monoisotopic (exact) mass is 314 g/mol. The molecule has 0 radical (unpaired) electrons. The van der Waals surface area contributed by atoms with Gasteiger partial charge in [0.2, 0.25) is 5.91 Å². The molecule has 1 rings (SSSR count). The third-order valence-electron chi connectivity index (χ3n) is 3.57. The first-order valence-corrected chi connectivity index (χ1v) is 9.17. The minimum atomic E-state index is 0.203. The lowest BCUT2D eigenvalue weighted by Crippen LogP contribution is -2.40. The van der Waals surface area contributed by atoms with Crippen molar-refractivity contribution < 1.29 is 4.79 Å². The summed E-state index contributed by atoms with van der Waals surface area (Å²) in [4.78, 5) is 18.4. The van der Waals surface area contributed by atoms with Crippen LogP contribution >= 0.6 is 11.8 Å². The Kier molecular flexibility index (Phi) is 9.30. The van der Waals surface area contributed by atoms with Gasteiger partial charge in [-0.05, 0) is 39.4 Å². The van der Waals surface area contributed by atoms with E-state index in [0.29, 0.717) is 18.2 Å². The van der Waals surface area contributed by atoms with Gasteiger partial charge in [0.25, 0.3) is 0 Å². The van der Waals surface area contributed by atoms with Crippen LogP contribution in [-0.2, 0) is 4.79 Å². The Morgan fingerprint density at radius 1 is 1.29 bits per heavy atom. The second-order valence-corrected chi connectivity index (χ2v) is 6.51. The van der Waals surface area contributed by atoms with E-state index in [0.717, 1.165) is 32.1 Å². The van der Waals surface area contributed by atoms with E-state index in [2.05, 4.69) is 22.5 Å². The van der Waals surface area contributed by atoms with Crippen molar-refractivity contribution in [3.05, 3.63) is 0 Å². The topological polar surface area (TPSA) is 56.7 Å². The molecule has 6 heteroatoms. The fraction of sp³-hybridized carbons (Fsp3) is 0.867. The third kappa shape index (κ3) is 7.07. The average Bonchev–Trinajstić information content (AvgIpc) is 2.99. The summed E-state index contributed by atoms with van der Waals surface area (Å²) in [5.74, 6) is 2.30. The SMILES string of the molecule is CCNC(=NCC1CCCS1)NCCC(=O)N(CC)CC. The van der Waals surface area contributed by atoms with Crippen LogP contribution in [0.1, 0.15) is 40.0 Å². The molecule has 1 unspecified atom stereocenters. The van der Waals surface area contributed by atoms with Crippen LogP contribution in [0.2, 0.25) is 0 Å². The summed E-state index contributed by atoms with van der Waals surface area (Å²) in [6.07, 6.45) is 3.10. The molecule has 0 aromatic heterocycles. The van der Waals surface area contributed by atoms with Gasteiger partial charge in [-0.3, -0.25) is 9.79 Å². The average molecular weight is 314 g/mol. The molecule has 122 valence electrons. The predicted octanol–water partition coefficient (Wildman–Crippen LogP) is 1.70. The molecule has 1 heterocycles. The number of aliphatic imine (C=N–C) groups is 1. The quantitative estimate of drug-likeness (QED) is 0.529. The summed E-state index contributed by atoms with van der Waals surface area (Å²) in [7, 11) is 0. The normalized spacial score (nSPS) is 18.6. The molecular weight excluding hydrogens is 284 g/mol. The van der Waals surface area contributed by atoms with Gasteiger partial charge in [0.1, 0.15) is 0 Å². The predicted molar refractivity (Wildman–Crippen MR) is 92.0 cm³/mol. The number of guanidine groups is 1. The van der Waals surface area contributed by atoms with Gasteiger partial charge >= 0.3 is 0 Å². The molecule has 1 saturated heterocycles. The highest BCUT2D eigenvalue weighted by Crippen LogP contribution is 2.25. The van der Waals surface area contributed by atoms with Crippen LogP contribution in [-0.4, -0.2) is 60.5 Å². The van der Waals surface area contributed by atoms with Gasteiger partial charge in [-0.25, -0.2) is 0 Å². The molecule has 0 aromatic carbocycles. The highest BCUT2D eigenvalue weighted by atomic mass is 32.2. The van der Waals surface area contributed by atoms with Crippen molar-refractivity contribution in [3.63, 3.8) is 0 Å². The van der Waals surface area contributed by atoms with E-state index >= 15 is 0 Å². The van der Waals surface area contributed by atoms with E-state index in [9.17, 15) is 4.79 Å². The minimum absolute atomic E-state index is 0.203. The number of nitrogens with zero attached hydrogens (tertiary/aromatic N) is 2. The Morgan fingerprint density at radius 2 is 2.05 bits per heavy atom. The van der Waals surface area contributed by atoms with Gasteiger partial charge in [0.15, 0.2) is 5.96 Å². The Morgan fingerprint density at radius 3 is 2.62 bits per heavy atom. The molecule has 21 heavy (non-hydrogen) atoms. The molecule has 1 fully saturated rings. The van der Waals surface area contributed by atoms with Crippen molar-refractivity contribution >= 4 is 23.6 Å². The molecule has 0 spiro atoms. The first kappa shape index (κ1) is 18.1. The molecule has 1 amide bonds. The fourth-order valence-corrected chi connectivity index (χ4v) is 3.53. The van der Waals surface area contributed by atoms with Crippen molar-refractivity contribution in [3.8, 4) is 0 Å². The number of amides is 1. The summed E-state index contributed by atoms with van der Waals surface area (Å²) in [6.45, 7) is 9.99. The van der Waals surface area contributed by atoms with Gasteiger partial charge in [-0.1, -0.05) is 0 Å². The van der Waals surface area contributed by atoms with Crippen molar-refractivity contribution in [1.82, 2.24) is 15.5 Å². The number of nitrogens with one attached hydrogen (secondary N) is 2. The molecule has 1 aliphatic heterocycles. The molecule has 0 bridgehead atoms. The fourth-order valence-electron chi connectivity index (χ4n) is 2.35. The Balaban J connectivity index is 2.32.